The SMILES string of the molecule is OP(O)(Cl)(CC(F)(F)F)CC(F)(F)F. The Bertz CT molecular complexity index is 195. The fourth-order valence-corrected chi connectivity index (χ4v) is 3.11. The summed E-state index contributed by atoms with van der Waals surface area (Å²) in [5.74, 6) is 0. The van der Waals surface area contributed by atoms with Crippen molar-refractivity contribution in [3.05, 3.63) is 0 Å². The van der Waals surface area contributed by atoms with Crippen LogP contribution in [0.2, 0.25) is 0 Å². The van der Waals surface area contributed by atoms with Crippen molar-refractivity contribution in [2.75, 3.05) is 12.3 Å². The fourth-order valence-electron chi connectivity index (χ4n) is 0.766. The number of halogens is 7. The summed E-state index contributed by atoms with van der Waals surface area (Å²) in [4.78, 5) is 17.3. The van der Waals surface area contributed by atoms with Crippen LogP contribution in [0.25, 0.3) is 0 Å². The Morgan fingerprint density at radius 2 is 1.07 bits per heavy atom. The number of hydrogen-bond donors (Lipinski definition) is 2. The van der Waals surface area contributed by atoms with Gasteiger partial charge in [-0.3, -0.25) is 0 Å². The molecule has 10 heteroatoms. The van der Waals surface area contributed by atoms with Crippen LogP contribution in [-0.2, 0) is 0 Å². The minimum atomic E-state index is -6.22. The molecule has 0 saturated carbocycles. The first kappa shape index (κ1) is 14.2. The zero-order valence-electron chi connectivity index (χ0n) is 6.40. The van der Waals surface area contributed by atoms with E-state index in [1.807, 2.05) is 0 Å². The van der Waals surface area contributed by atoms with Gasteiger partial charge in [0.05, 0.1) is 0 Å². The molecule has 2 nitrogen and oxygen atoms in total. The van der Waals surface area contributed by atoms with Gasteiger partial charge in [-0.15, -0.1) is 0 Å². The molecule has 0 heterocycles. The first-order valence-electron chi connectivity index (χ1n) is 3.04. The molecule has 0 unspecified atom stereocenters. The second-order valence-electron chi connectivity index (χ2n) is 2.82. The molecule has 88 valence electrons. The molecule has 0 saturated heterocycles. The van der Waals surface area contributed by atoms with E-state index in [0.29, 0.717) is 0 Å². The van der Waals surface area contributed by atoms with E-state index in [1.54, 1.807) is 0 Å². The van der Waals surface area contributed by atoms with Crippen molar-refractivity contribution in [3.63, 3.8) is 0 Å². The van der Waals surface area contributed by atoms with Gasteiger partial charge in [0.25, 0.3) is 0 Å². The first-order chi connectivity index (χ1) is 5.68. The van der Waals surface area contributed by atoms with Crippen molar-refractivity contribution < 1.29 is 36.1 Å². The van der Waals surface area contributed by atoms with E-state index in [9.17, 15) is 26.3 Å². The number of hydrogen-bond acceptors (Lipinski definition) is 2. The van der Waals surface area contributed by atoms with Crippen LogP contribution in [0.3, 0.4) is 0 Å². The molecule has 0 bridgehead atoms. The van der Waals surface area contributed by atoms with Crippen LogP contribution in [0.15, 0.2) is 0 Å². The van der Waals surface area contributed by atoms with Crippen LogP contribution in [0.4, 0.5) is 26.3 Å². The summed E-state index contributed by atoms with van der Waals surface area (Å²) in [6.07, 6.45) is -21.4. The molecule has 0 rings (SSSR count). The Morgan fingerprint density at radius 1 is 0.857 bits per heavy atom. The van der Waals surface area contributed by atoms with E-state index in [2.05, 4.69) is 11.2 Å². The van der Waals surface area contributed by atoms with Gasteiger partial charge in [-0.1, -0.05) is 0 Å². The second kappa shape index (κ2) is 3.37. The van der Waals surface area contributed by atoms with Crippen LogP contribution < -0.4 is 0 Å². The Morgan fingerprint density at radius 3 is 1.21 bits per heavy atom. The van der Waals surface area contributed by atoms with Crippen LogP contribution in [0.5, 0.6) is 0 Å². The summed E-state index contributed by atoms with van der Waals surface area (Å²) < 4.78 is 69.8. The topological polar surface area (TPSA) is 40.5 Å². The zero-order valence-corrected chi connectivity index (χ0v) is 8.05. The Kier molecular flexibility index (Phi) is 3.42. The van der Waals surface area contributed by atoms with Gasteiger partial charge in [-0.2, -0.15) is 0 Å². The molecule has 0 amide bonds. The molecule has 14 heavy (non-hydrogen) atoms. The summed E-state index contributed by atoms with van der Waals surface area (Å²) in [5, 5.41) is 0. The van der Waals surface area contributed by atoms with Gasteiger partial charge in [-0.25, -0.2) is 0 Å². The van der Waals surface area contributed by atoms with E-state index in [-0.39, 0.29) is 0 Å². The predicted molar refractivity (Wildman–Crippen MR) is 39.1 cm³/mol. The van der Waals surface area contributed by atoms with Crippen LogP contribution in [-0.4, -0.2) is 34.5 Å². The third kappa shape index (κ3) is 7.61. The van der Waals surface area contributed by atoms with Gasteiger partial charge in [-0.05, 0) is 0 Å². The average molecular weight is 267 g/mol. The first-order valence-corrected chi connectivity index (χ1v) is 6.46. The number of alkyl halides is 6. The predicted octanol–water partition coefficient (Wildman–Crippen LogP) is 2.63. The molecule has 0 aromatic rings. The molecule has 2 N–H and O–H groups in total. The summed E-state index contributed by atoms with van der Waals surface area (Å²) in [7, 11) is 0. The van der Waals surface area contributed by atoms with Gasteiger partial charge < -0.3 is 0 Å². The average Bonchev–Trinajstić information content (AvgIpc) is 1.39. The van der Waals surface area contributed by atoms with Crippen LogP contribution in [0, 0.1) is 0 Å². The molecule has 0 aliphatic rings. The molecular formula is C4H6ClF6O2P. The summed E-state index contributed by atoms with van der Waals surface area (Å²) >= 11 is 4.56. The molecule has 0 aromatic heterocycles. The van der Waals surface area contributed by atoms with Crippen molar-refractivity contribution in [1.29, 1.82) is 0 Å². The van der Waals surface area contributed by atoms with Gasteiger partial charge in [0.1, 0.15) is 0 Å². The fraction of sp³-hybridized carbons (Fsp3) is 1.00. The second-order valence-corrected chi connectivity index (χ2v) is 8.33. The van der Waals surface area contributed by atoms with Gasteiger partial charge in [0, 0.05) is 0 Å². The van der Waals surface area contributed by atoms with E-state index >= 15 is 0 Å². The van der Waals surface area contributed by atoms with Crippen LogP contribution in [0.1, 0.15) is 0 Å². The zero-order chi connectivity index (χ0) is 11.9. The van der Waals surface area contributed by atoms with E-state index < -0.39 is 31.1 Å². The van der Waals surface area contributed by atoms with Gasteiger partial charge in [0.2, 0.25) is 0 Å². The standard InChI is InChI=1S/C4H6ClF6O2P/c5-14(12,13,1-3(6,7)8)2-4(9,10)11/h12-13H,1-2H2. The van der Waals surface area contributed by atoms with Crippen molar-refractivity contribution in [2.45, 2.75) is 12.4 Å². The summed E-state index contributed by atoms with van der Waals surface area (Å²) in [6, 6.07) is 0. The minimum absolute atomic E-state index is 2.44. The van der Waals surface area contributed by atoms with E-state index in [4.69, 9.17) is 9.79 Å². The molecule has 0 spiro atoms. The molecule has 0 radical (unpaired) electrons. The molecule has 0 aliphatic heterocycles. The Labute approximate surface area is 79.4 Å². The molecule has 0 atom stereocenters. The van der Waals surface area contributed by atoms with E-state index in [0.717, 1.165) is 0 Å². The maximum atomic E-state index is 11.6. The van der Waals surface area contributed by atoms with Crippen molar-refractivity contribution in [1.82, 2.24) is 0 Å². The van der Waals surface area contributed by atoms with E-state index in [1.165, 1.54) is 0 Å². The van der Waals surface area contributed by atoms with Crippen molar-refractivity contribution in [2.24, 2.45) is 0 Å². The third-order valence-corrected chi connectivity index (χ3v) is 3.67. The molecule has 0 fully saturated rings. The van der Waals surface area contributed by atoms with Crippen LogP contribution >= 0.6 is 17.7 Å². The van der Waals surface area contributed by atoms with Gasteiger partial charge >= 0.3 is 78.5 Å². The summed E-state index contributed by atoms with van der Waals surface area (Å²) in [6.45, 7) is 0. The number of rotatable bonds is 2. The van der Waals surface area contributed by atoms with Crippen molar-refractivity contribution >= 4 is 17.7 Å². The summed E-state index contributed by atoms with van der Waals surface area (Å²) in [5.41, 5.74) is 0. The normalized spacial score (nSPS) is 17.6. The van der Waals surface area contributed by atoms with Crippen molar-refractivity contribution in [3.8, 4) is 0 Å². The Balaban J connectivity index is 4.70. The Hall–Kier alpha value is 0.220. The molecule has 0 aromatic carbocycles. The van der Waals surface area contributed by atoms with Gasteiger partial charge in [0.15, 0.2) is 0 Å². The quantitative estimate of drug-likeness (QED) is 0.596. The third-order valence-electron chi connectivity index (χ3n) is 0.985. The molecule has 0 aliphatic carbocycles. The molecular weight excluding hydrogens is 260 g/mol. The monoisotopic (exact) mass is 266 g/mol. The maximum absolute atomic E-state index is 11.6.